The summed E-state index contributed by atoms with van der Waals surface area (Å²) in [6.07, 6.45) is 1.43. The quantitative estimate of drug-likeness (QED) is 0.450. The zero-order valence-electron chi connectivity index (χ0n) is 20.0. The predicted molar refractivity (Wildman–Crippen MR) is 135 cm³/mol. The van der Waals surface area contributed by atoms with Gasteiger partial charge in [-0.3, -0.25) is 25.2 Å². The number of carbonyl (C=O) groups excluding carboxylic acids is 3. The number of piperidine rings is 1. The second-order valence-electron chi connectivity index (χ2n) is 7.94. The van der Waals surface area contributed by atoms with E-state index in [9.17, 15) is 14.4 Å². The number of benzene rings is 1. The first kappa shape index (κ1) is 25.5. The molecule has 0 bridgehead atoms. The van der Waals surface area contributed by atoms with Gasteiger partial charge >= 0.3 is 0 Å². The SMILES string of the molecule is COc1ccc(C(=O)N2CCC(c3nc(C(=O)NNC(=O)c4ccsc4)cs3)CC2)c(OC)c1OC. The van der Waals surface area contributed by atoms with Gasteiger partial charge in [0.05, 0.1) is 37.5 Å². The normalized spacial score (nSPS) is 13.7. The number of likely N-dealkylation sites (tertiary alicyclic amines) is 1. The van der Waals surface area contributed by atoms with Crippen molar-refractivity contribution in [1.82, 2.24) is 20.7 Å². The molecule has 0 saturated carbocycles. The molecule has 2 aromatic heterocycles. The number of ether oxygens (including phenoxy) is 3. The van der Waals surface area contributed by atoms with Gasteiger partial charge in [0.15, 0.2) is 11.5 Å². The fourth-order valence-electron chi connectivity index (χ4n) is 3.99. The van der Waals surface area contributed by atoms with Crippen molar-refractivity contribution in [3.8, 4) is 17.2 Å². The van der Waals surface area contributed by atoms with Crippen LogP contribution in [0, 0.1) is 0 Å². The van der Waals surface area contributed by atoms with Crippen molar-refractivity contribution in [2.45, 2.75) is 18.8 Å². The minimum atomic E-state index is -0.478. The lowest BCUT2D eigenvalue weighted by molar-refractivity contribution is 0.0708. The number of rotatable bonds is 7. The van der Waals surface area contributed by atoms with Crippen molar-refractivity contribution < 1.29 is 28.6 Å². The molecule has 1 aromatic carbocycles. The summed E-state index contributed by atoms with van der Waals surface area (Å²) in [5.74, 6) is 0.322. The molecule has 3 heterocycles. The van der Waals surface area contributed by atoms with Crippen LogP contribution in [-0.2, 0) is 0 Å². The number of nitrogens with zero attached hydrogens (tertiary/aromatic N) is 2. The van der Waals surface area contributed by atoms with Crippen LogP contribution < -0.4 is 25.1 Å². The Kier molecular flexibility index (Phi) is 8.06. The van der Waals surface area contributed by atoms with Gasteiger partial charge in [0.25, 0.3) is 17.7 Å². The molecular weight excluding hydrogens is 504 g/mol. The Morgan fingerprint density at radius 3 is 2.31 bits per heavy atom. The van der Waals surface area contributed by atoms with Gasteiger partial charge in [-0.25, -0.2) is 4.98 Å². The summed E-state index contributed by atoms with van der Waals surface area (Å²) >= 11 is 2.80. The highest BCUT2D eigenvalue weighted by Crippen LogP contribution is 2.40. The van der Waals surface area contributed by atoms with Gasteiger partial charge in [-0.15, -0.1) is 11.3 Å². The number of hydrogen-bond acceptors (Lipinski definition) is 9. The van der Waals surface area contributed by atoms with E-state index in [-0.39, 0.29) is 23.4 Å². The molecule has 4 rings (SSSR count). The summed E-state index contributed by atoms with van der Waals surface area (Å²) < 4.78 is 16.2. The standard InChI is InChI=1S/C24H26N4O6S2/c1-32-18-5-4-16(19(33-2)20(18)34-3)24(31)28-9-6-14(7-10-28)23-25-17(13-36-23)22(30)27-26-21(29)15-8-11-35-12-15/h4-5,8,11-14H,6-7,9-10H2,1-3H3,(H,26,29)(H,27,30). The van der Waals surface area contributed by atoms with Crippen LogP contribution in [0.25, 0.3) is 0 Å². The number of hydrogen-bond donors (Lipinski definition) is 2. The zero-order valence-corrected chi connectivity index (χ0v) is 21.7. The van der Waals surface area contributed by atoms with Crippen LogP contribution in [0.3, 0.4) is 0 Å². The summed E-state index contributed by atoms with van der Waals surface area (Å²) in [6.45, 7) is 1.08. The highest BCUT2D eigenvalue weighted by molar-refractivity contribution is 7.10. The highest BCUT2D eigenvalue weighted by Gasteiger charge is 2.30. The minimum absolute atomic E-state index is 0.133. The van der Waals surface area contributed by atoms with Crippen LogP contribution in [0.5, 0.6) is 17.2 Å². The summed E-state index contributed by atoms with van der Waals surface area (Å²) in [4.78, 5) is 43.9. The Morgan fingerprint density at radius 1 is 0.944 bits per heavy atom. The first-order chi connectivity index (χ1) is 17.5. The van der Waals surface area contributed by atoms with Gasteiger partial charge < -0.3 is 19.1 Å². The van der Waals surface area contributed by atoms with Crippen molar-refractivity contribution in [2.75, 3.05) is 34.4 Å². The lowest BCUT2D eigenvalue weighted by Crippen LogP contribution is -2.41. The van der Waals surface area contributed by atoms with Gasteiger partial charge in [-0.1, -0.05) is 0 Å². The maximum atomic E-state index is 13.2. The molecule has 0 spiro atoms. The van der Waals surface area contributed by atoms with E-state index >= 15 is 0 Å². The second-order valence-corrected chi connectivity index (χ2v) is 9.61. The molecule has 36 heavy (non-hydrogen) atoms. The minimum Gasteiger partial charge on any atom is -0.493 e. The average molecular weight is 531 g/mol. The van der Waals surface area contributed by atoms with Gasteiger partial charge in [-0.05, 0) is 36.4 Å². The van der Waals surface area contributed by atoms with E-state index in [1.807, 2.05) is 0 Å². The van der Waals surface area contributed by atoms with E-state index in [4.69, 9.17) is 14.2 Å². The summed E-state index contributed by atoms with van der Waals surface area (Å²) in [5, 5.41) is 5.99. The van der Waals surface area contributed by atoms with Crippen LogP contribution in [0.15, 0.2) is 34.3 Å². The Bertz CT molecular complexity index is 1240. The topological polar surface area (TPSA) is 119 Å². The monoisotopic (exact) mass is 530 g/mol. The largest absolute Gasteiger partial charge is 0.493 e. The summed E-state index contributed by atoms with van der Waals surface area (Å²) in [6, 6.07) is 5.04. The summed E-state index contributed by atoms with van der Waals surface area (Å²) in [7, 11) is 4.52. The Labute approximate surface area is 216 Å². The van der Waals surface area contributed by atoms with Crippen molar-refractivity contribution in [3.05, 3.63) is 56.2 Å². The first-order valence-electron chi connectivity index (χ1n) is 11.1. The number of carbonyl (C=O) groups is 3. The molecule has 2 N–H and O–H groups in total. The van der Waals surface area contributed by atoms with Gasteiger partial charge in [0.2, 0.25) is 5.75 Å². The van der Waals surface area contributed by atoms with E-state index in [0.29, 0.717) is 54.3 Å². The molecule has 3 amide bonds. The third-order valence-electron chi connectivity index (χ3n) is 5.89. The molecule has 0 radical (unpaired) electrons. The van der Waals surface area contributed by atoms with Crippen LogP contribution in [0.1, 0.15) is 55.0 Å². The number of amides is 3. The second kappa shape index (κ2) is 11.4. The van der Waals surface area contributed by atoms with E-state index < -0.39 is 5.91 Å². The zero-order chi connectivity index (χ0) is 25.7. The number of hydrazine groups is 1. The maximum absolute atomic E-state index is 13.2. The molecule has 1 aliphatic rings. The molecular formula is C24H26N4O6S2. The van der Waals surface area contributed by atoms with Crippen LogP contribution in [-0.4, -0.2) is 62.0 Å². The average Bonchev–Trinajstić information content (AvgIpc) is 3.63. The van der Waals surface area contributed by atoms with E-state index in [1.54, 1.807) is 39.2 Å². The number of methoxy groups -OCH3 is 3. The molecule has 190 valence electrons. The van der Waals surface area contributed by atoms with Crippen LogP contribution in [0.4, 0.5) is 0 Å². The fraction of sp³-hybridized carbons (Fsp3) is 0.333. The van der Waals surface area contributed by atoms with Gasteiger partial charge in [0, 0.05) is 29.8 Å². The number of thiophene rings is 1. The molecule has 0 unspecified atom stereocenters. The van der Waals surface area contributed by atoms with Crippen LogP contribution >= 0.6 is 22.7 Å². The Hall–Kier alpha value is -3.64. The van der Waals surface area contributed by atoms with Crippen molar-refractivity contribution in [3.63, 3.8) is 0 Å². The van der Waals surface area contributed by atoms with Gasteiger partial charge in [-0.2, -0.15) is 11.3 Å². The molecule has 3 aromatic rings. The molecule has 0 aliphatic carbocycles. The summed E-state index contributed by atoms with van der Waals surface area (Å²) in [5.41, 5.74) is 5.92. The molecule has 12 heteroatoms. The third-order valence-corrected chi connectivity index (χ3v) is 7.58. The first-order valence-corrected chi connectivity index (χ1v) is 13.0. The van der Waals surface area contributed by atoms with Crippen molar-refractivity contribution in [2.24, 2.45) is 0 Å². The highest BCUT2D eigenvalue weighted by atomic mass is 32.1. The number of thiazole rings is 1. The lowest BCUT2D eigenvalue weighted by atomic mass is 9.97. The number of nitrogens with one attached hydrogen (secondary N) is 2. The Morgan fingerprint density at radius 2 is 1.67 bits per heavy atom. The van der Waals surface area contributed by atoms with E-state index in [0.717, 1.165) is 5.01 Å². The Balaban J connectivity index is 1.35. The van der Waals surface area contributed by atoms with E-state index in [1.165, 1.54) is 44.0 Å². The molecule has 1 aliphatic heterocycles. The van der Waals surface area contributed by atoms with Crippen molar-refractivity contribution >= 4 is 40.4 Å². The predicted octanol–water partition coefficient (Wildman–Crippen LogP) is 3.33. The lowest BCUT2D eigenvalue weighted by Gasteiger charge is -2.31. The third kappa shape index (κ3) is 5.29. The molecule has 10 nitrogen and oxygen atoms in total. The fourth-order valence-corrected chi connectivity index (χ4v) is 5.60. The van der Waals surface area contributed by atoms with E-state index in [2.05, 4.69) is 15.8 Å². The molecule has 1 fully saturated rings. The van der Waals surface area contributed by atoms with Gasteiger partial charge in [0.1, 0.15) is 5.69 Å². The molecule has 0 atom stereocenters. The maximum Gasteiger partial charge on any atom is 0.289 e. The van der Waals surface area contributed by atoms with Crippen molar-refractivity contribution in [1.29, 1.82) is 0 Å². The number of aromatic nitrogens is 1. The molecule has 1 saturated heterocycles. The van der Waals surface area contributed by atoms with Crippen LogP contribution in [0.2, 0.25) is 0 Å². The smallest absolute Gasteiger partial charge is 0.289 e.